The van der Waals surface area contributed by atoms with Gasteiger partial charge in [0.15, 0.2) is 6.61 Å². The van der Waals surface area contributed by atoms with Gasteiger partial charge in [0.2, 0.25) is 0 Å². The van der Waals surface area contributed by atoms with Crippen molar-refractivity contribution < 1.29 is 32.5 Å². The van der Waals surface area contributed by atoms with Gasteiger partial charge >= 0.3 is 6.18 Å². The van der Waals surface area contributed by atoms with E-state index in [4.69, 9.17) is 9.47 Å². The van der Waals surface area contributed by atoms with Crippen LogP contribution in [0.25, 0.3) is 0 Å². The zero-order chi connectivity index (χ0) is 16.0. The topological polar surface area (TPSA) is 67.8 Å². The van der Waals surface area contributed by atoms with Gasteiger partial charge in [-0.15, -0.1) is 0 Å². The Labute approximate surface area is 119 Å². The Bertz CT molecular complexity index is 489. The molecule has 0 aliphatic carbocycles. The highest BCUT2D eigenvalue weighted by Crippen LogP contribution is 2.29. The first-order valence-corrected chi connectivity index (χ1v) is 6.05. The Kier molecular flexibility index (Phi) is 5.83. The van der Waals surface area contributed by atoms with Crippen LogP contribution in [0.2, 0.25) is 0 Å². The van der Waals surface area contributed by atoms with Gasteiger partial charge < -0.3 is 19.9 Å². The van der Waals surface area contributed by atoms with Gasteiger partial charge in [-0.25, -0.2) is 0 Å². The molecule has 0 bridgehead atoms. The molecular weight excluding hydrogens is 291 g/mol. The smallest absolute Gasteiger partial charge is 0.405 e. The van der Waals surface area contributed by atoms with E-state index >= 15 is 0 Å². The minimum Gasteiger partial charge on any atom is -0.497 e. The van der Waals surface area contributed by atoms with Gasteiger partial charge in [0.25, 0.3) is 5.91 Å². The number of carbonyl (C=O) groups is 1. The van der Waals surface area contributed by atoms with Crippen LogP contribution in [0.15, 0.2) is 18.2 Å². The van der Waals surface area contributed by atoms with E-state index in [0.29, 0.717) is 11.3 Å². The highest BCUT2D eigenvalue weighted by atomic mass is 19.4. The van der Waals surface area contributed by atoms with E-state index in [1.54, 1.807) is 17.4 Å². The molecule has 0 radical (unpaired) electrons. The number of halogens is 3. The Balaban J connectivity index is 2.67. The van der Waals surface area contributed by atoms with Gasteiger partial charge in [0.05, 0.1) is 13.2 Å². The van der Waals surface area contributed by atoms with Gasteiger partial charge in [0.1, 0.15) is 18.0 Å². The Morgan fingerprint density at radius 3 is 2.62 bits per heavy atom. The first-order chi connectivity index (χ1) is 9.73. The molecule has 0 heterocycles. The van der Waals surface area contributed by atoms with Crippen LogP contribution in [0, 0.1) is 0 Å². The fourth-order valence-corrected chi connectivity index (χ4v) is 1.50. The maximum Gasteiger partial charge on any atom is 0.405 e. The third-order valence-corrected chi connectivity index (χ3v) is 2.52. The van der Waals surface area contributed by atoms with Crippen LogP contribution >= 0.6 is 0 Å². The van der Waals surface area contributed by atoms with Crippen molar-refractivity contribution in [3.63, 3.8) is 0 Å². The molecule has 5 nitrogen and oxygen atoms in total. The summed E-state index contributed by atoms with van der Waals surface area (Å²) < 4.78 is 46.0. The second-order valence-electron chi connectivity index (χ2n) is 4.26. The lowest BCUT2D eigenvalue weighted by Crippen LogP contribution is -2.36. The fraction of sp³-hybridized carbons (Fsp3) is 0.462. The molecule has 2 N–H and O–H groups in total. The molecule has 0 saturated carbocycles. The van der Waals surface area contributed by atoms with E-state index in [0.717, 1.165) is 0 Å². The summed E-state index contributed by atoms with van der Waals surface area (Å²) >= 11 is 0. The first-order valence-electron chi connectivity index (χ1n) is 6.05. The molecule has 118 valence electrons. The summed E-state index contributed by atoms with van der Waals surface area (Å²) in [5.74, 6) is -0.303. The van der Waals surface area contributed by atoms with Gasteiger partial charge in [0, 0.05) is 11.6 Å². The van der Waals surface area contributed by atoms with Crippen molar-refractivity contribution >= 4 is 5.91 Å². The average molecular weight is 307 g/mol. The molecule has 1 aromatic rings. The van der Waals surface area contributed by atoms with Crippen molar-refractivity contribution in [2.75, 3.05) is 20.3 Å². The van der Waals surface area contributed by atoms with E-state index in [9.17, 15) is 23.1 Å². The van der Waals surface area contributed by atoms with Gasteiger partial charge in [-0.1, -0.05) is 0 Å². The number of rotatable bonds is 6. The largest absolute Gasteiger partial charge is 0.497 e. The van der Waals surface area contributed by atoms with Crippen LogP contribution in [0.5, 0.6) is 11.5 Å². The van der Waals surface area contributed by atoms with Crippen LogP contribution in [0.4, 0.5) is 13.2 Å². The second kappa shape index (κ2) is 7.16. The number of ether oxygens (including phenoxy) is 2. The third-order valence-electron chi connectivity index (χ3n) is 2.52. The van der Waals surface area contributed by atoms with Crippen LogP contribution in [0.3, 0.4) is 0 Å². The van der Waals surface area contributed by atoms with Crippen LogP contribution < -0.4 is 14.8 Å². The summed E-state index contributed by atoms with van der Waals surface area (Å²) in [5.41, 5.74) is 0.402. The van der Waals surface area contributed by atoms with E-state index in [1.165, 1.54) is 20.1 Å². The zero-order valence-corrected chi connectivity index (χ0v) is 11.5. The van der Waals surface area contributed by atoms with Crippen LogP contribution in [0.1, 0.15) is 18.6 Å². The van der Waals surface area contributed by atoms with Crippen LogP contribution in [-0.4, -0.2) is 37.5 Å². The second-order valence-corrected chi connectivity index (χ2v) is 4.26. The molecule has 0 saturated heterocycles. The lowest BCUT2D eigenvalue weighted by molar-refractivity contribution is -0.139. The highest BCUT2D eigenvalue weighted by molar-refractivity contribution is 5.77. The predicted molar refractivity (Wildman–Crippen MR) is 68.2 cm³/mol. The molecule has 0 spiro atoms. The standard InChI is InChI=1S/C13H16F3NO4/c1-8(18)10-4-3-9(20-2)5-11(10)21-6-12(19)17-7-13(14,15)16/h3-5,8,18H,6-7H2,1-2H3,(H,17,19)/t8-/m1/s1. The molecular formula is C13H16F3NO4. The molecule has 0 aliphatic heterocycles. The van der Waals surface area contributed by atoms with E-state index in [1.807, 2.05) is 0 Å². The number of benzene rings is 1. The lowest BCUT2D eigenvalue weighted by atomic mass is 10.1. The number of alkyl halides is 3. The minimum absolute atomic E-state index is 0.173. The SMILES string of the molecule is COc1ccc([C@@H](C)O)c(OCC(=O)NCC(F)(F)F)c1. The maximum atomic E-state index is 11.9. The van der Waals surface area contributed by atoms with E-state index in [2.05, 4.69) is 0 Å². The molecule has 1 rings (SSSR count). The normalized spacial score (nSPS) is 12.7. The average Bonchev–Trinajstić information content (AvgIpc) is 2.41. The quantitative estimate of drug-likeness (QED) is 0.841. The highest BCUT2D eigenvalue weighted by Gasteiger charge is 2.27. The third kappa shape index (κ3) is 5.90. The van der Waals surface area contributed by atoms with Gasteiger partial charge in [-0.3, -0.25) is 4.79 Å². The van der Waals surface area contributed by atoms with Crippen molar-refractivity contribution in [1.82, 2.24) is 5.32 Å². The van der Waals surface area contributed by atoms with Crippen molar-refractivity contribution in [3.8, 4) is 11.5 Å². The summed E-state index contributed by atoms with van der Waals surface area (Å²) in [7, 11) is 1.43. The zero-order valence-electron chi connectivity index (χ0n) is 11.5. The summed E-state index contributed by atoms with van der Waals surface area (Å²) in [6.07, 6.45) is -5.33. The molecule has 0 aliphatic rings. The predicted octanol–water partition coefficient (Wildman–Crippen LogP) is 1.81. The number of aliphatic hydroxyl groups is 1. The van der Waals surface area contributed by atoms with E-state index in [-0.39, 0.29) is 5.75 Å². The molecule has 8 heteroatoms. The minimum atomic E-state index is -4.48. The van der Waals surface area contributed by atoms with Crippen LogP contribution in [-0.2, 0) is 4.79 Å². The fourth-order valence-electron chi connectivity index (χ4n) is 1.50. The number of hydrogen-bond donors (Lipinski definition) is 2. The van der Waals surface area contributed by atoms with Gasteiger partial charge in [-0.2, -0.15) is 13.2 Å². The number of hydrogen-bond acceptors (Lipinski definition) is 4. The number of carbonyl (C=O) groups excluding carboxylic acids is 1. The molecule has 0 aromatic heterocycles. The Hall–Kier alpha value is -1.96. The number of amides is 1. The Morgan fingerprint density at radius 1 is 1.43 bits per heavy atom. The molecule has 21 heavy (non-hydrogen) atoms. The maximum absolute atomic E-state index is 11.9. The van der Waals surface area contributed by atoms with Crippen molar-refractivity contribution in [3.05, 3.63) is 23.8 Å². The number of methoxy groups -OCH3 is 1. The summed E-state index contributed by atoms with van der Waals surface area (Å²) in [5, 5.41) is 11.3. The molecule has 1 aromatic carbocycles. The molecule has 0 unspecified atom stereocenters. The summed E-state index contributed by atoms with van der Waals surface area (Å²) in [6.45, 7) is -0.516. The summed E-state index contributed by atoms with van der Waals surface area (Å²) in [4.78, 5) is 11.3. The molecule has 1 amide bonds. The number of aliphatic hydroxyl groups excluding tert-OH is 1. The molecule has 1 atom stereocenters. The summed E-state index contributed by atoms with van der Waals surface area (Å²) in [6, 6.07) is 4.59. The van der Waals surface area contributed by atoms with E-state index < -0.39 is 31.3 Å². The van der Waals surface area contributed by atoms with Crippen molar-refractivity contribution in [2.45, 2.75) is 19.2 Å². The molecule has 0 fully saturated rings. The monoisotopic (exact) mass is 307 g/mol. The Morgan fingerprint density at radius 2 is 2.10 bits per heavy atom. The van der Waals surface area contributed by atoms with Crippen molar-refractivity contribution in [1.29, 1.82) is 0 Å². The van der Waals surface area contributed by atoms with Crippen molar-refractivity contribution in [2.24, 2.45) is 0 Å². The van der Waals surface area contributed by atoms with Gasteiger partial charge in [-0.05, 0) is 19.1 Å². The first kappa shape index (κ1) is 17.1. The lowest BCUT2D eigenvalue weighted by Gasteiger charge is -2.15. The number of nitrogens with one attached hydrogen (secondary N) is 1.